The molecule has 0 unspecified atom stereocenters. The molecule has 0 saturated heterocycles. The number of para-hydroxylation sites is 1. The zero-order valence-corrected chi connectivity index (χ0v) is 14.7. The highest BCUT2D eigenvalue weighted by molar-refractivity contribution is 7.99. The Kier molecular flexibility index (Phi) is 4.71. The molecule has 1 amide bonds. The molecular formula is C17H19N5OS. The van der Waals surface area contributed by atoms with Gasteiger partial charge in [0.1, 0.15) is 6.54 Å². The third-order valence-electron chi connectivity index (χ3n) is 3.54. The smallest absolute Gasteiger partial charge is 0.246 e. The third kappa shape index (κ3) is 3.68. The Morgan fingerprint density at radius 2 is 2.08 bits per heavy atom. The molecule has 0 spiro atoms. The summed E-state index contributed by atoms with van der Waals surface area (Å²) in [6, 6.07) is 9.67. The quantitative estimate of drug-likeness (QED) is 0.775. The van der Waals surface area contributed by atoms with Gasteiger partial charge in [-0.15, -0.1) is 0 Å². The van der Waals surface area contributed by atoms with Crippen LogP contribution in [0, 0.1) is 13.8 Å². The number of amides is 1. The predicted octanol–water partition coefficient (Wildman–Crippen LogP) is 3.02. The second-order valence-corrected chi connectivity index (χ2v) is 6.56. The number of imidazole rings is 1. The standard InChI is InChI=1S/C17H19N5OS/c1-12-10-13(2)22(20-12)11-16(23)19-14-6-4-5-7-15(14)24-17-18-8-9-21(17)3/h4-10H,11H2,1-3H3,(H,19,23). The summed E-state index contributed by atoms with van der Waals surface area (Å²) in [5.41, 5.74) is 2.65. The van der Waals surface area contributed by atoms with E-state index in [1.54, 1.807) is 10.9 Å². The molecule has 0 aliphatic rings. The number of nitrogens with zero attached hydrogens (tertiary/aromatic N) is 4. The Morgan fingerprint density at radius 3 is 2.75 bits per heavy atom. The second kappa shape index (κ2) is 6.92. The first kappa shape index (κ1) is 16.3. The maximum absolute atomic E-state index is 12.4. The average molecular weight is 341 g/mol. The van der Waals surface area contributed by atoms with Crippen LogP contribution >= 0.6 is 11.8 Å². The largest absolute Gasteiger partial charge is 0.329 e. The molecule has 2 heterocycles. The monoisotopic (exact) mass is 341 g/mol. The van der Waals surface area contributed by atoms with Crippen LogP contribution in [0.1, 0.15) is 11.4 Å². The van der Waals surface area contributed by atoms with Crippen LogP contribution in [0.15, 0.2) is 52.8 Å². The van der Waals surface area contributed by atoms with Gasteiger partial charge in [-0.3, -0.25) is 9.48 Å². The normalized spacial score (nSPS) is 10.8. The zero-order chi connectivity index (χ0) is 17.1. The van der Waals surface area contributed by atoms with Gasteiger partial charge in [-0.2, -0.15) is 5.10 Å². The minimum atomic E-state index is -0.103. The minimum Gasteiger partial charge on any atom is -0.329 e. The third-order valence-corrected chi connectivity index (χ3v) is 4.69. The van der Waals surface area contributed by atoms with Gasteiger partial charge >= 0.3 is 0 Å². The number of hydrogen-bond acceptors (Lipinski definition) is 4. The highest BCUT2D eigenvalue weighted by Gasteiger charge is 2.12. The maximum Gasteiger partial charge on any atom is 0.246 e. The van der Waals surface area contributed by atoms with E-state index in [9.17, 15) is 4.79 Å². The first-order valence-corrected chi connectivity index (χ1v) is 8.39. The Bertz CT molecular complexity index is 868. The van der Waals surface area contributed by atoms with Crippen molar-refractivity contribution in [2.75, 3.05) is 5.32 Å². The molecule has 1 N–H and O–H groups in total. The van der Waals surface area contributed by atoms with Crippen molar-refractivity contribution >= 4 is 23.4 Å². The number of nitrogens with one attached hydrogen (secondary N) is 1. The lowest BCUT2D eigenvalue weighted by molar-refractivity contribution is -0.116. The van der Waals surface area contributed by atoms with Crippen LogP contribution in [0.4, 0.5) is 5.69 Å². The van der Waals surface area contributed by atoms with Gasteiger partial charge in [0, 0.05) is 30.0 Å². The topological polar surface area (TPSA) is 64.7 Å². The first-order valence-electron chi connectivity index (χ1n) is 7.58. The molecule has 3 rings (SSSR count). The molecule has 0 saturated carbocycles. The van der Waals surface area contributed by atoms with Crippen molar-refractivity contribution in [3.63, 3.8) is 0 Å². The number of hydrogen-bond donors (Lipinski definition) is 1. The van der Waals surface area contributed by atoms with Crippen molar-refractivity contribution in [1.82, 2.24) is 19.3 Å². The van der Waals surface area contributed by atoms with Crippen LogP contribution in [0.3, 0.4) is 0 Å². The Labute approximate surface area is 144 Å². The van der Waals surface area contributed by atoms with Crippen LogP contribution in [0.5, 0.6) is 0 Å². The van der Waals surface area contributed by atoms with E-state index in [0.29, 0.717) is 0 Å². The summed E-state index contributed by atoms with van der Waals surface area (Å²) < 4.78 is 3.65. The maximum atomic E-state index is 12.4. The molecule has 1 aromatic carbocycles. The molecule has 0 fully saturated rings. The van der Waals surface area contributed by atoms with E-state index in [2.05, 4.69) is 15.4 Å². The molecule has 0 aliphatic carbocycles. The molecule has 0 radical (unpaired) electrons. The van der Waals surface area contributed by atoms with Crippen LogP contribution in [-0.4, -0.2) is 25.2 Å². The molecule has 6 nitrogen and oxygen atoms in total. The van der Waals surface area contributed by atoms with Crippen molar-refractivity contribution < 1.29 is 4.79 Å². The number of carbonyl (C=O) groups excluding carboxylic acids is 1. The Morgan fingerprint density at radius 1 is 1.29 bits per heavy atom. The predicted molar refractivity (Wildman–Crippen MR) is 94.1 cm³/mol. The molecular weight excluding hydrogens is 322 g/mol. The van der Waals surface area contributed by atoms with Gasteiger partial charge in [0.25, 0.3) is 0 Å². The summed E-state index contributed by atoms with van der Waals surface area (Å²) in [6.45, 7) is 4.05. The molecule has 24 heavy (non-hydrogen) atoms. The van der Waals surface area contributed by atoms with Crippen LogP contribution in [0.25, 0.3) is 0 Å². The molecule has 0 bridgehead atoms. The number of aryl methyl sites for hydroxylation is 3. The van der Waals surface area contributed by atoms with E-state index in [1.807, 2.05) is 62.0 Å². The summed E-state index contributed by atoms with van der Waals surface area (Å²) in [5.74, 6) is -0.103. The summed E-state index contributed by atoms with van der Waals surface area (Å²) in [4.78, 5) is 17.6. The van der Waals surface area contributed by atoms with Crippen molar-refractivity contribution in [3.8, 4) is 0 Å². The molecule has 124 valence electrons. The van der Waals surface area contributed by atoms with E-state index in [1.165, 1.54) is 11.8 Å². The lowest BCUT2D eigenvalue weighted by atomic mass is 10.3. The van der Waals surface area contributed by atoms with Crippen LogP contribution in [-0.2, 0) is 18.4 Å². The summed E-state index contributed by atoms with van der Waals surface area (Å²) >= 11 is 1.52. The molecule has 3 aromatic rings. The van der Waals surface area contributed by atoms with E-state index in [4.69, 9.17) is 0 Å². The van der Waals surface area contributed by atoms with Crippen molar-refractivity contribution in [2.45, 2.75) is 30.4 Å². The summed E-state index contributed by atoms with van der Waals surface area (Å²) in [7, 11) is 1.94. The van der Waals surface area contributed by atoms with Crippen LogP contribution < -0.4 is 5.32 Å². The van der Waals surface area contributed by atoms with Crippen molar-refractivity contribution in [2.24, 2.45) is 7.05 Å². The zero-order valence-electron chi connectivity index (χ0n) is 13.9. The Hall–Kier alpha value is -2.54. The summed E-state index contributed by atoms with van der Waals surface area (Å²) in [6.07, 6.45) is 3.65. The Balaban J connectivity index is 1.74. The van der Waals surface area contributed by atoms with Crippen LogP contribution in [0.2, 0.25) is 0 Å². The number of aromatic nitrogens is 4. The lowest BCUT2D eigenvalue weighted by Crippen LogP contribution is -2.20. The van der Waals surface area contributed by atoms with Crippen molar-refractivity contribution in [1.29, 1.82) is 0 Å². The number of benzene rings is 1. The van der Waals surface area contributed by atoms with Gasteiger partial charge in [0.05, 0.1) is 11.4 Å². The second-order valence-electron chi connectivity index (χ2n) is 5.55. The van der Waals surface area contributed by atoms with E-state index in [-0.39, 0.29) is 12.5 Å². The molecule has 0 aliphatic heterocycles. The SMILES string of the molecule is Cc1cc(C)n(CC(=O)Nc2ccccc2Sc2nccn2C)n1. The molecule has 7 heteroatoms. The fourth-order valence-electron chi connectivity index (χ4n) is 2.37. The highest BCUT2D eigenvalue weighted by Crippen LogP contribution is 2.32. The number of rotatable bonds is 5. The van der Waals surface area contributed by atoms with E-state index < -0.39 is 0 Å². The molecule has 2 aromatic heterocycles. The number of anilines is 1. The molecule has 0 atom stereocenters. The van der Waals surface area contributed by atoms with Gasteiger partial charge in [-0.05, 0) is 43.8 Å². The van der Waals surface area contributed by atoms with Crippen molar-refractivity contribution in [3.05, 3.63) is 54.1 Å². The van der Waals surface area contributed by atoms with Gasteiger partial charge in [-0.1, -0.05) is 12.1 Å². The lowest BCUT2D eigenvalue weighted by Gasteiger charge is -2.11. The first-order chi connectivity index (χ1) is 11.5. The highest BCUT2D eigenvalue weighted by atomic mass is 32.2. The fraction of sp³-hybridized carbons (Fsp3) is 0.235. The van der Waals surface area contributed by atoms with Gasteiger partial charge in [-0.25, -0.2) is 4.98 Å². The van der Waals surface area contributed by atoms with Gasteiger partial charge in [0.15, 0.2) is 5.16 Å². The minimum absolute atomic E-state index is 0.103. The summed E-state index contributed by atoms with van der Waals surface area (Å²) in [5, 5.41) is 8.16. The van der Waals surface area contributed by atoms with Gasteiger partial charge in [0.2, 0.25) is 5.91 Å². The number of carbonyl (C=O) groups is 1. The average Bonchev–Trinajstić information content (AvgIpc) is 3.07. The van der Waals surface area contributed by atoms with E-state index in [0.717, 1.165) is 27.1 Å². The fourth-order valence-corrected chi connectivity index (χ4v) is 3.26. The van der Waals surface area contributed by atoms with E-state index >= 15 is 0 Å². The van der Waals surface area contributed by atoms with Gasteiger partial charge < -0.3 is 9.88 Å².